The number of carbonyl (C=O) groups is 3. The highest BCUT2D eigenvalue weighted by molar-refractivity contribution is 5.91. The molecule has 0 amide bonds. The summed E-state index contributed by atoms with van der Waals surface area (Å²) in [6.07, 6.45) is -6.83. The lowest BCUT2D eigenvalue weighted by Crippen LogP contribution is -2.64. The zero-order chi connectivity index (χ0) is 31.2. The molecule has 4 aromatic rings. The van der Waals surface area contributed by atoms with Gasteiger partial charge < -0.3 is 33.2 Å². The van der Waals surface area contributed by atoms with Crippen molar-refractivity contribution in [3.63, 3.8) is 0 Å². The molecule has 230 valence electrons. The van der Waals surface area contributed by atoms with E-state index >= 15 is 0 Å². The molecule has 0 aromatic heterocycles. The third-order valence-corrected chi connectivity index (χ3v) is 7.41. The van der Waals surface area contributed by atoms with Crippen LogP contribution in [-0.4, -0.2) is 62.3 Å². The van der Waals surface area contributed by atoms with E-state index in [4.69, 9.17) is 33.2 Å². The van der Waals surface area contributed by atoms with Crippen molar-refractivity contribution in [2.75, 3.05) is 13.7 Å². The van der Waals surface area contributed by atoms with Crippen molar-refractivity contribution < 1.29 is 47.5 Å². The quantitative estimate of drug-likeness (QED) is 0.196. The average Bonchev–Trinajstić information content (AvgIpc) is 3.10. The largest absolute Gasteiger partial charge is 0.497 e. The first-order chi connectivity index (χ1) is 22.0. The minimum absolute atomic E-state index is 0.000507. The summed E-state index contributed by atoms with van der Waals surface area (Å²) in [5, 5.41) is 0. The molecule has 45 heavy (non-hydrogen) atoms. The van der Waals surface area contributed by atoms with Crippen LogP contribution in [0.25, 0.3) is 0 Å². The second-order valence-electron chi connectivity index (χ2n) is 10.3. The monoisotopic (exact) mass is 610 g/mol. The summed E-state index contributed by atoms with van der Waals surface area (Å²) >= 11 is 0. The molecule has 0 bridgehead atoms. The Bertz CT molecular complexity index is 1590. The van der Waals surface area contributed by atoms with E-state index in [1.807, 2.05) is 0 Å². The highest BCUT2D eigenvalue weighted by atomic mass is 16.8. The topological polar surface area (TPSA) is 116 Å². The molecule has 0 radical (unpaired) electrons. The molecular weight excluding hydrogens is 580 g/mol. The number of carbonyl (C=O) groups excluding carboxylic acids is 3. The number of rotatable bonds is 8. The molecule has 2 aliphatic rings. The first kappa shape index (κ1) is 30.0. The van der Waals surface area contributed by atoms with Gasteiger partial charge in [-0.25, -0.2) is 14.4 Å². The third kappa shape index (κ3) is 6.88. The minimum Gasteiger partial charge on any atom is -0.497 e. The SMILES string of the molecule is COc1ccc(C2OCC3O[C@@H](OC(=O)c4ccccc4)C(OC(=O)c4ccccc4)[C@H](OC(=O)c4ccccc4)[C@@H]3O2)cc1. The summed E-state index contributed by atoms with van der Waals surface area (Å²) < 4.78 is 41.6. The molecule has 0 N–H and O–H groups in total. The number of methoxy groups -OCH3 is 1. The maximum atomic E-state index is 13.4. The van der Waals surface area contributed by atoms with E-state index in [1.54, 1.807) is 122 Å². The van der Waals surface area contributed by atoms with E-state index in [0.29, 0.717) is 11.3 Å². The van der Waals surface area contributed by atoms with Crippen LogP contribution in [0.5, 0.6) is 5.75 Å². The highest BCUT2D eigenvalue weighted by Gasteiger charge is 2.55. The van der Waals surface area contributed by atoms with Crippen LogP contribution in [0.2, 0.25) is 0 Å². The van der Waals surface area contributed by atoms with Gasteiger partial charge in [0, 0.05) is 5.56 Å². The second-order valence-corrected chi connectivity index (χ2v) is 10.3. The Balaban J connectivity index is 1.35. The van der Waals surface area contributed by atoms with Gasteiger partial charge in [0.1, 0.15) is 18.0 Å². The summed E-state index contributed by atoms with van der Waals surface area (Å²) in [6.45, 7) is -0.000507. The molecule has 0 spiro atoms. The van der Waals surface area contributed by atoms with Crippen molar-refractivity contribution in [1.29, 1.82) is 0 Å². The van der Waals surface area contributed by atoms with Gasteiger partial charge in [0.05, 0.1) is 30.4 Å². The lowest BCUT2D eigenvalue weighted by molar-refractivity contribution is -0.351. The summed E-state index contributed by atoms with van der Waals surface area (Å²) in [6, 6.07) is 32.1. The van der Waals surface area contributed by atoms with Crippen LogP contribution >= 0.6 is 0 Å². The molecule has 10 heteroatoms. The first-order valence-electron chi connectivity index (χ1n) is 14.3. The number of ether oxygens (including phenoxy) is 7. The van der Waals surface area contributed by atoms with E-state index in [1.165, 1.54) is 0 Å². The number of hydrogen-bond donors (Lipinski definition) is 0. The number of hydrogen-bond acceptors (Lipinski definition) is 10. The number of benzene rings is 4. The Labute approximate surface area is 259 Å². The van der Waals surface area contributed by atoms with Crippen molar-refractivity contribution in [3.05, 3.63) is 138 Å². The van der Waals surface area contributed by atoms with Crippen LogP contribution in [0.15, 0.2) is 115 Å². The first-order valence-corrected chi connectivity index (χ1v) is 14.3. The summed E-state index contributed by atoms with van der Waals surface area (Å²) in [4.78, 5) is 40.0. The van der Waals surface area contributed by atoms with Gasteiger partial charge in [-0.1, -0.05) is 66.7 Å². The fourth-order valence-electron chi connectivity index (χ4n) is 5.11. The Morgan fingerprint density at radius 1 is 0.600 bits per heavy atom. The lowest BCUT2D eigenvalue weighted by atomic mass is 9.96. The molecule has 2 heterocycles. The summed E-state index contributed by atoms with van der Waals surface area (Å²) in [5.41, 5.74) is 1.44. The molecule has 6 rings (SSSR count). The van der Waals surface area contributed by atoms with Crippen molar-refractivity contribution in [2.24, 2.45) is 0 Å². The standard InChI is InChI=1S/C35H30O10/c1-39-26-19-17-25(18-20-26)34-40-21-27-28(44-34)29(42-31(36)22-11-5-2-6-12-22)30(43-32(37)23-13-7-3-8-14-23)35(41-27)45-33(38)24-15-9-4-10-16-24/h2-20,27-30,34-35H,21H2,1H3/t27?,28-,29-,30?,34?,35+/m1/s1. The van der Waals surface area contributed by atoms with E-state index in [9.17, 15) is 14.4 Å². The normalized spacial score (nSPS) is 24.0. The zero-order valence-corrected chi connectivity index (χ0v) is 24.2. The van der Waals surface area contributed by atoms with Crippen LogP contribution in [-0.2, 0) is 28.4 Å². The van der Waals surface area contributed by atoms with Crippen molar-refractivity contribution >= 4 is 17.9 Å². The fraction of sp³-hybridized carbons (Fsp3) is 0.229. The van der Waals surface area contributed by atoms with Crippen LogP contribution in [0, 0.1) is 0 Å². The van der Waals surface area contributed by atoms with Gasteiger partial charge in [-0.3, -0.25) is 0 Å². The van der Waals surface area contributed by atoms with Gasteiger partial charge in [-0.15, -0.1) is 0 Å². The van der Waals surface area contributed by atoms with E-state index < -0.39 is 54.9 Å². The van der Waals surface area contributed by atoms with Crippen LogP contribution in [0.3, 0.4) is 0 Å². The molecule has 0 saturated carbocycles. The minimum atomic E-state index is -1.47. The summed E-state index contributed by atoms with van der Waals surface area (Å²) in [7, 11) is 1.57. The molecule has 2 fully saturated rings. The molecule has 0 aliphatic carbocycles. The Hall–Kier alpha value is -5.03. The van der Waals surface area contributed by atoms with Crippen LogP contribution < -0.4 is 4.74 Å². The van der Waals surface area contributed by atoms with Gasteiger partial charge in [0.2, 0.25) is 12.4 Å². The molecule has 6 atom stereocenters. The summed E-state index contributed by atoms with van der Waals surface area (Å²) in [5.74, 6) is -1.49. The van der Waals surface area contributed by atoms with Gasteiger partial charge in [-0.2, -0.15) is 0 Å². The van der Waals surface area contributed by atoms with Gasteiger partial charge in [-0.05, 0) is 48.5 Å². The number of fused-ring (bicyclic) bond motifs is 1. The average molecular weight is 611 g/mol. The maximum absolute atomic E-state index is 13.4. The number of esters is 3. The Morgan fingerprint density at radius 3 is 1.60 bits per heavy atom. The second kappa shape index (κ2) is 13.7. The van der Waals surface area contributed by atoms with Crippen molar-refractivity contribution in [1.82, 2.24) is 0 Å². The van der Waals surface area contributed by atoms with Crippen molar-refractivity contribution in [2.45, 2.75) is 37.0 Å². The van der Waals surface area contributed by atoms with Gasteiger partial charge >= 0.3 is 17.9 Å². The van der Waals surface area contributed by atoms with E-state index in [-0.39, 0.29) is 23.3 Å². The Morgan fingerprint density at radius 2 is 1.09 bits per heavy atom. The lowest BCUT2D eigenvalue weighted by Gasteiger charge is -2.47. The highest BCUT2D eigenvalue weighted by Crippen LogP contribution is 2.38. The third-order valence-electron chi connectivity index (χ3n) is 7.41. The van der Waals surface area contributed by atoms with E-state index in [2.05, 4.69) is 0 Å². The molecular formula is C35H30O10. The van der Waals surface area contributed by atoms with Crippen LogP contribution in [0.4, 0.5) is 0 Å². The molecule has 4 aromatic carbocycles. The predicted octanol–water partition coefficient (Wildman–Crippen LogP) is 5.14. The molecule has 3 unspecified atom stereocenters. The molecule has 10 nitrogen and oxygen atoms in total. The van der Waals surface area contributed by atoms with Gasteiger partial charge in [0.25, 0.3) is 0 Å². The fourth-order valence-corrected chi connectivity index (χ4v) is 5.11. The predicted molar refractivity (Wildman–Crippen MR) is 158 cm³/mol. The molecule has 2 aliphatic heterocycles. The van der Waals surface area contributed by atoms with Crippen LogP contribution in [0.1, 0.15) is 42.9 Å². The van der Waals surface area contributed by atoms with E-state index in [0.717, 1.165) is 0 Å². The molecule has 2 saturated heterocycles. The smallest absolute Gasteiger partial charge is 0.340 e. The maximum Gasteiger partial charge on any atom is 0.340 e. The Kier molecular flexibility index (Phi) is 9.16. The van der Waals surface area contributed by atoms with Gasteiger partial charge in [0.15, 0.2) is 12.4 Å². The zero-order valence-electron chi connectivity index (χ0n) is 24.2. The van der Waals surface area contributed by atoms with Crippen molar-refractivity contribution in [3.8, 4) is 5.75 Å².